The molecule has 0 unspecified atom stereocenters. The number of halogens is 1. The molecule has 2 atom stereocenters. The maximum absolute atomic E-state index is 13.3. The van der Waals surface area contributed by atoms with Crippen LogP contribution in [0.3, 0.4) is 0 Å². The van der Waals surface area contributed by atoms with Crippen LogP contribution in [0.2, 0.25) is 10.1 Å². The first-order valence-corrected chi connectivity index (χ1v) is 19.5. The van der Waals surface area contributed by atoms with Crippen LogP contribution >= 0.6 is 11.6 Å². The summed E-state index contributed by atoms with van der Waals surface area (Å²) < 4.78 is 33.7. The molecular formula is C36H45ClO6SSi. The highest BCUT2D eigenvalue weighted by Gasteiger charge is 2.51. The van der Waals surface area contributed by atoms with Gasteiger partial charge < -0.3 is 19.7 Å². The van der Waals surface area contributed by atoms with Gasteiger partial charge >= 0.3 is 0 Å². The molecule has 0 fully saturated rings. The lowest BCUT2D eigenvalue weighted by Crippen LogP contribution is -2.66. The number of aliphatic hydroxyl groups is 2. The van der Waals surface area contributed by atoms with Crippen LogP contribution in [-0.2, 0) is 14.3 Å². The number of benzene rings is 3. The van der Waals surface area contributed by atoms with E-state index in [4.69, 9.17) is 16.0 Å². The van der Waals surface area contributed by atoms with E-state index in [9.17, 15) is 23.7 Å². The van der Waals surface area contributed by atoms with Gasteiger partial charge in [-0.25, -0.2) is 8.42 Å². The molecule has 0 saturated heterocycles. The molecule has 0 radical (unpaired) electrons. The Morgan fingerprint density at radius 1 is 1.02 bits per heavy atom. The maximum Gasteiger partial charge on any atom is 0.261 e. The van der Waals surface area contributed by atoms with Gasteiger partial charge in [-0.3, -0.25) is 0 Å². The second-order valence-electron chi connectivity index (χ2n) is 12.8. The lowest BCUT2D eigenvalue weighted by atomic mass is 9.93. The van der Waals surface area contributed by atoms with E-state index in [0.29, 0.717) is 22.6 Å². The molecule has 45 heavy (non-hydrogen) atoms. The Labute approximate surface area is 274 Å². The number of hydrogen-bond acceptors (Lipinski definition) is 6. The number of hydrogen-bond donors (Lipinski definition) is 3. The van der Waals surface area contributed by atoms with Gasteiger partial charge in [-0.05, 0) is 69.6 Å². The Hall–Kier alpha value is -2.72. The van der Waals surface area contributed by atoms with E-state index in [1.54, 1.807) is 12.1 Å². The topological polar surface area (TPSA) is 104 Å². The van der Waals surface area contributed by atoms with Crippen LogP contribution in [0.5, 0.6) is 5.75 Å². The zero-order valence-electron chi connectivity index (χ0n) is 26.5. The van der Waals surface area contributed by atoms with E-state index in [0.717, 1.165) is 34.4 Å². The third kappa shape index (κ3) is 7.81. The van der Waals surface area contributed by atoms with Gasteiger partial charge in [-0.2, -0.15) is 0 Å². The summed E-state index contributed by atoms with van der Waals surface area (Å²) in [6, 6.07) is 25.1. The summed E-state index contributed by atoms with van der Waals surface area (Å²) in [6.45, 7) is 7.99. The number of allylic oxidation sites excluding steroid dienone is 1. The number of aliphatic hydroxyl groups excluding tert-OH is 2. The summed E-state index contributed by atoms with van der Waals surface area (Å²) in [5.74, 6) is -0.175. The average molecular weight is 669 g/mol. The summed E-state index contributed by atoms with van der Waals surface area (Å²) >= 11 is 6.35. The van der Waals surface area contributed by atoms with Crippen molar-refractivity contribution in [1.29, 1.82) is 0 Å². The fourth-order valence-electron chi connectivity index (χ4n) is 6.51. The summed E-state index contributed by atoms with van der Waals surface area (Å²) in [5.41, 5.74) is 2.70. The first kappa shape index (κ1) is 35.1. The number of phenolic OH excluding ortho intramolecular Hbond substituents is 1. The second-order valence-corrected chi connectivity index (χ2v) is 19.7. The van der Waals surface area contributed by atoms with Crippen molar-refractivity contribution >= 4 is 46.2 Å². The fourth-order valence-corrected chi connectivity index (χ4v) is 13.2. The predicted molar refractivity (Wildman–Crippen MR) is 187 cm³/mol. The van der Waals surface area contributed by atoms with Gasteiger partial charge in [-0.1, -0.05) is 118 Å². The number of phenols is 1. The van der Waals surface area contributed by atoms with Gasteiger partial charge in [0.25, 0.3) is 8.32 Å². The zero-order chi connectivity index (χ0) is 32.8. The highest BCUT2D eigenvalue weighted by atomic mass is 35.5. The van der Waals surface area contributed by atoms with Crippen molar-refractivity contribution in [2.75, 3.05) is 19.0 Å². The summed E-state index contributed by atoms with van der Waals surface area (Å²) in [4.78, 5) is 0. The van der Waals surface area contributed by atoms with E-state index in [1.807, 2.05) is 42.5 Å². The van der Waals surface area contributed by atoms with E-state index in [2.05, 4.69) is 52.0 Å². The van der Waals surface area contributed by atoms with Gasteiger partial charge in [0.2, 0.25) is 0 Å². The van der Waals surface area contributed by atoms with Gasteiger partial charge in [0.15, 0.2) is 9.84 Å². The van der Waals surface area contributed by atoms with Gasteiger partial charge in [0.1, 0.15) is 11.0 Å². The first-order valence-electron chi connectivity index (χ1n) is 15.5. The Morgan fingerprint density at radius 2 is 1.62 bits per heavy atom. The average Bonchev–Trinajstić information content (AvgIpc) is 3.27. The Kier molecular flexibility index (Phi) is 11.6. The molecule has 3 aromatic rings. The molecular weight excluding hydrogens is 624 g/mol. The molecule has 4 rings (SSSR count). The molecule has 3 N–H and O–H groups in total. The van der Waals surface area contributed by atoms with Crippen LogP contribution in [0.25, 0.3) is 6.08 Å². The highest BCUT2D eigenvalue weighted by Crippen LogP contribution is 2.39. The molecule has 6 nitrogen and oxygen atoms in total. The quantitative estimate of drug-likeness (QED) is 0.152. The zero-order valence-corrected chi connectivity index (χ0v) is 29.1. The van der Waals surface area contributed by atoms with E-state index in [-0.39, 0.29) is 29.6 Å². The molecule has 0 aliphatic carbocycles. The lowest BCUT2D eigenvalue weighted by molar-refractivity contribution is 0.186. The smallest absolute Gasteiger partial charge is 0.261 e. The minimum absolute atomic E-state index is 0.0379. The van der Waals surface area contributed by atoms with Crippen LogP contribution in [-0.4, -0.2) is 62.4 Å². The SMILES string of the molecule is CCC/C(=C\c1ccc(O)cc1Cl)CC[C@@H](O)C1=C(CO[Si](c2ccccc2)(c2ccccc2)C(C)(C)C)CS(=O)(=O)[C@H]1CO. The van der Waals surface area contributed by atoms with Crippen LogP contribution < -0.4 is 10.4 Å². The van der Waals surface area contributed by atoms with Crippen molar-refractivity contribution in [2.24, 2.45) is 0 Å². The molecule has 0 spiro atoms. The molecule has 1 aliphatic heterocycles. The third-order valence-electron chi connectivity index (χ3n) is 8.62. The normalized spacial score (nSPS) is 17.9. The predicted octanol–water partition coefficient (Wildman–Crippen LogP) is 6.03. The van der Waals surface area contributed by atoms with E-state index >= 15 is 0 Å². The molecule has 9 heteroatoms. The molecule has 0 amide bonds. The van der Waals surface area contributed by atoms with Gasteiger partial charge in [0, 0.05) is 0 Å². The number of rotatable bonds is 13. The highest BCUT2D eigenvalue weighted by molar-refractivity contribution is 7.92. The maximum atomic E-state index is 13.3. The van der Waals surface area contributed by atoms with Gasteiger partial charge in [0.05, 0.1) is 30.1 Å². The van der Waals surface area contributed by atoms with Crippen LogP contribution in [0, 0.1) is 0 Å². The molecule has 1 aliphatic rings. The van der Waals surface area contributed by atoms with Crippen molar-refractivity contribution in [1.82, 2.24) is 0 Å². The second kappa shape index (κ2) is 14.8. The standard InChI is InChI=1S/C36H45ClO6SSi/c1-5-12-26(21-27-18-19-29(39)22-32(27)37)17-20-33(40)35-28(25-44(41,42)34(35)23-38)24-43-45(36(2,3)4,30-13-8-6-9-14-30)31-15-10-7-11-16-31/h6-11,13-16,18-19,21-22,33-34,38-40H,5,12,17,20,23-25H2,1-4H3/b26-21+/t33-,34+/m1/s1. The largest absolute Gasteiger partial charge is 0.508 e. The lowest BCUT2D eigenvalue weighted by Gasteiger charge is -2.43. The summed E-state index contributed by atoms with van der Waals surface area (Å²) in [6.07, 6.45) is 3.34. The van der Waals surface area contributed by atoms with E-state index in [1.165, 1.54) is 6.07 Å². The first-order chi connectivity index (χ1) is 21.3. The van der Waals surface area contributed by atoms with Gasteiger partial charge in [-0.15, -0.1) is 0 Å². The fraction of sp³-hybridized carbons (Fsp3) is 0.389. The minimum atomic E-state index is -3.72. The van der Waals surface area contributed by atoms with Crippen LogP contribution in [0.15, 0.2) is 95.6 Å². The summed E-state index contributed by atoms with van der Waals surface area (Å²) in [5, 5.41) is 32.7. The van der Waals surface area contributed by atoms with Crippen molar-refractivity contribution in [3.63, 3.8) is 0 Å². The molecule has 1 heterocycles. The molecule has 3 aromatic carbocycles. The Morgan fingerprint density at radius 3 is 2.13 bits per heavy atom. The number of sulfone groups is 1. The minimum Gasteiger partial charge on any atom is -0.508 e. The van der Waals surface area contributed by atoms with Crippen molar-refractivity contribution in [2.45, 2.75) is 69.8 Å². The molecule has 0 bridgehead atoms. The van der Waals surface area contributed by atoms with Crippen molar-refractivity contribution in [3.8, 4) is 5.75 Å². The van der Waals surface area contributed by atoms with Crippen molar-refractivity contribution in [3.05, 3.63) is 106 Å². The number of aromatic hydroxyl groups is 1. The molecule has 0 aromatic heterocycles. The van der Waals surface area contributed by atoms with Crippen LogP contribution in [0.4, 0.5) is 0 Å². The molecule has 242 valence electrons. The van der Waals surface area contributed by atoms with Crippen LogP contribution in [0.1, 0.15) is 58.9 Å². The third-order valence-corrected chi connectivity index (χ3v) is 16.0. The van der Waals surface area contributed by atoms with Crippen molar-refractivity contribution < 1.29 is 28.2 Å². The molecule has 0 saturated carbocycles. The Bertz CT molecular complexity index is 1570. The monoisotopic (exact) mass is 668 g/mol. The van der Waals surface area contributed by atoms with E-state index < -0.39 is 36.1 Å². The Balaban J connectivity index is 1.70. The summed E-state index contributed by atoms with van der Waals surface area (Å²) in [7, 11) is -6.70.